The van der Waals surface area contributed by atoms with Crippen LogP contribution in [0.2, 0.25) is 0 Å². The number of nitrogens with zero attached hydrogens (tertiary/aromatic N) is 3. The molecule has 0 bridgehead atoms. The van der Waals surface area contributed by atoms with Crippen LogP contribution in [0.4, 0.5) is 0 Å². The maximum atomic E-state index is 13.3. The molecule has 1 N–H and O–H groups in total. The maximum absolute atomic E-state index is 13.3. The fraction of sp³-hybridized carbons (Fsp3) is 0.320. The van der Waals surface area contributed by atoms with Crippen LogP contribution in [0, 0.1) is 25.2 Å². The predicted molar refractivity (Wildman–Crippen MR) is 119 cm³/mol. The normalized spacial score (nSPS) is 16.0. The molecule has 5 rings (SSSR count). The minimum Gasteiger partial charge on any atom is -0.486 e. The number of rotatable bonds is 5. The molecule has 1 aromatic heterocycles. The molecule has 0 atom stereocenters. The molecule has 158 valence electrons. The van der Waals surface area contributed by atoms with Gasteiger partial charge in [-0.25, -0.2) is 0 Å². The van der Waals surface area contributed by atoms with Gasteiger partial charge in [0.1, 0.15) is 5.69 Å². The number of hydrogen-bond donors (Lipinski definition) is 1. The first-order valence-electron chi connectivity index (χ1n) is 10.6. The molecule has 1 aliphatic carbocycles. The third-order valence-corrected chi connectivity index (χ3v) is 6.17. The van der Waals surface area contributed by atoms with E-state index in [4.69, 9.17) is 10.00 Å². The van der Waals surface area contributed by atoms with Crippen molar-refractivity contribution in [3.63, 3.8) is 0 Å². The Labute approximate surface area is 182 Å². The largest absolute Gasteiger partial charge is 0.486 e. The van der Waals surface area contributed by atoms with Crippen molar-refractivity contribution in [3.05, 3.63) is 70.4 Å². The van der Waals surface area contributed by atoms with Gasteiger partial charge in [-0.1, -0.05) is 18.2 Å². The van der Waals surface area contributed by atoms with Gasteiger partial charge in [-0.3, -0.25) is 9.89 Å². The van der Waals surface area contributed by atoms with Gasteiger partial charge in [-0.15, -0.1) is 0 Å². The molecule has 3 aromatic rings. The molecule has 0 radical (unpaired) electrons. The van der Waals surface area contributed by atoms with E-state index in [1.165, 1.54) is 5.56 Å². The van der Waals surface area contributed by atoms with Crippen LogP contribution >= 0.6 is 0 Å². The molecule has 31 heavy (non-hydrogen) atoms. The van der Waals surface area contributed by atoms with Crippen LogP contribution in [0.1, 0.15) is 52.8 Å². The van der Waals surface area contributed by atoms with Gasteiger partial charge in [-0.2, -0.15) is 10.4 Å². The van der Waals surface area contributed by atoms with Crippen molar-refractivity contribution in [1.82, 2.24) is 15.1 Å². The zero-order valence-corrected chi connectivity index (χ0v) is 17.7. The molecule has 1 saturated carbocycles. The number of amides is 1. The Kier molecular flexibility index (Phi) is 4.74. The summed E-state index contributed by atoms with van der Waals surface area (Å²) in [6.45, 7) is 5.40. The number of carbonyl (C=O) groups is 1. The number of carbonyl (C=O) groups excluding carboxylic acids is 1. The fourth-order valence-corrected chi connectivity index (χ4v) is 4.13. The van der Waals surface area contributed by atoms with Crippen LogP contribution in [0.5, 0.6) is 5.75 Å². The SMILES string of the molecule is Cc1cc(C)c(-c2[nH]ncc2OC2CC2)cc1C(=O)N1CC(c2ccc(C#N)cc2)C1.[HH]. The highest BCUT2D eigenvalue weighted by atomic mass is 16.5. The van der Waals surface area contributed by atoms with E-state index in [-0.39, 0.29) is 13.4 Å². The molecule has 0 spiro atoms. The number of hydrogen-bond acceptors (Lipinski definition) is 4. The number of aromatic amines is 1. The van der Waals surface area contributed by atoms with Crippen molar-refractivity contribution < 1.29 is 11.0 Å². The van der Waals surface area contributed by atoms with E-state index in [0.29, 0.717) is 30.1 Å². The first-order valence-corrected chi connectivity index (χ1v) is 10.6. The van der Waals surface area contributed by atoms with Crippen LogP contribution in [0.15, 0.2) is 42.6 Å². The molecule has 6 nitrogen and oxygen atoms in total. The van der Waals surface area contributed by atoms with E-state index in [2.05, 4.69) is 22.3 Å². The van der Waals surface area contributed by atoms with E-state index in [0.717, 1.165) is 41.0 Å². The summed E-state index contributed by atoms with van der Waals surface area (Å²) in [4.78, 5) is 15.1. The van der Waals surface area contributed by atoms with Crippen LogP contribution < -0.4 is 4.74 Å². The summed E-state index contributed by atoms with van der Waals surface area (Å²) in [5, 5.41) is 16.2. The lowest BCUT2D eigenvalue weighted by Crippen LogP contribution is -2.48. The Morgan fingerprint density at radius 2 is 1.94 bits per heavy atom. The van der Waals surface area contributed by atoms with Crippen molar-refractivity contribution in [2.24, 2.45) is 0 Å². The Hall–Kier alpha value is -3.59. The van der Waals surface area contributed by atoms with E-state index in [1.54, 1.807) is 6.20 Å². The standard InChI is InChI=1S/C25H24N4O2.H2/c1-15-9-16(2)22(10-21(15)24-23(12-27-28-24)31-20-7-8-20)25(30)29-13-19(14-29)18-5-3-17(11-26)4-6-18;/h3-6,9-10,12,19-20H,7-8,13-14H2,1-2H3,(H,27,28);1H. The minimum atomic E-state index is 0. The number of nitrogens with one attached hydrogen (secondary N) is 1. The lowest BCUT2D eigenvalue weighted by molar-refractivity contribution is 0.0601. The molecule has 0 unspecified atom stereocenters. The zero-order chi connectivity index (χ0) is 21.5. The van der Waals surface area contributed by atoms with Gasteiger partial charge in [0.05, 0.1) is 23.9 Å². The summed E-state index contributed by atoms with van der Waals surface area (Å²) in [5.41, 5.74) is 6.37. The van der Waals surface area contributed by atoms with Gasteiger partial charge in [0.2, 0.25) is 0 Å². The molecule has 1 amide bonds. The lowest BCUT2D eigenvalue weighted by atomic mass is 9.89. The first kappa shape index (κ1) is 19.4. The van der Waals surface area contributed by atoms with Gasteiger partial charge in [-0.05, 0) is 61.6 Å². The summed E-state index contributed by atoms with van der Waals surface area (Å²) in [5.74, 6) is 1.11. The molecule has 2 heterocycles. The van der Waals surface area contributed by atoms with E-state index in [9.17, 15) is 4.79 Å². The summed E-state index contributed by atoms with van der Waals surface area (Å²) >= 11 is 0. The Balaban J connectivity index is 0.00000245. The number of likely N-dealkylation sites (tertiary alicyclic amines) is 1. The van der Waals surface area contributed by atoms with Crippen LogP contribution in [0.3, 0.4) is 0 Å². The van der Waals surface area contributed by atoms with Crippen molar-refractivity contribution in [1.29, 1.82) is 5.26 Å². The van der Waals surface area contributed by atoms with Crippen molar-refractivity contribution in [3.8, 4) is 23.1 Å². The van der Waals surface area contributed by atoms with Crippen LogP contribution in [-0.4, -0.2) is 40.2 Å². The highest BCUT2D eigenvalue weighted by Crippen LogP contribution is 2.36. The second-order valence-corrected chi connectivity index (χ2v) is 8.55. The number of ether oxygens (including phenoxy) is 1. The zero-order valence-electron chi connectivity index (χ0n) is 17.7. The van der Waals surface area contributed by atoms with Crippen molar-refractivity contribution in [2.45, 2.75) is 38.7 Å². The third kappa shape index (κ3) is 3.68. The first-order chi connectivity index (χ1) is 15.0. The molecule has 1 saturated heterocycles. The monoisotopic (exact) mass is 414 g/mol. The number of aromatic nitrogens is 2. The second kappa shape index (κ2) is 7.59. The average molecular weight is 415 g/mol. The van der Waals surface area contributed by atoms with E-state index in [1.807, 2.05) is 49.1 Å². The molecular formula is C25H26N4O2. The number of nitriles is 1. The van der Waals surface area contributed by atoms with Gasteiger partial charge in [0.25, 0.3) is 5.91 Å². The number of H-pyrrole nitrogens is 1. The smallest absolute Gasteiger partial charge is 0.254 e. The molecule has 1 aliphatic heterocycles. The summed E-state index contributed by atoms with van der Waals surface area (Å²) < 4.78 is 5.99. The fourth-order valence-electron chi connectivity index (χ4n) is 4.13. The van der Waals surface area contributed by atoms with Crippen LogP contribution in [0.25, 0.3) is 11.3 Å². The Morgan fingerprint density at radius 1 is 1.19 bits per heavy atom. The number of benzene rings is 2. The molecule has 2 aromatic carbocycles. The van der Waals surface area contributed by atoms with Gasteiger partial charge >= 0.3 is 0 Å². The second-order valence-electron chi connectivity index (χ2n) is 8.55. The molecule has 2 aliphatic rings. The Morgan fingerprint density at radius 3 is 2.61 bits per heavy atom. The summed E-state index contributed by atoms with van der Waals surface area (Å²) in [6.07, 6.45) is 4.16. The average Bonchev–Trinajstić information content (AvgIpc) is 3.43. The van der Waals surface area contributed by atoms with Crippen molar-refractivity contribution in [2.75, 3.05) is 13.1 Å². The minimum absolute atomic E-state index is 0. The quantitative estimate of drug-likeness (QED) is 0.662. The van der Waals surface area contributed by atoms with Gasteiger partial charge < -0.3 is 9.64 Å². The topological polar surface area (TPSA) is 82.0 Å². The molecular weight excluding hydrogens is 388 g/mol. The third-order valence-electron chi connectivity index (χ3n) is 6.17. The maximum Gasteiger partial charge on any atom is 0.254 e. The van der Waals surface area contributed by atoms with Crippen molar-refractivity contribution >= 4 is 5.91 Å². The highest BCUT2D eigenvalue weighted by molar-refractivity contribution is 5.98. The van der Waals surface area contributed by atoms with Gasteiger partial charge in [0.15, 0.2) is 5.75 Å². The number of aryl methyl sites for hydroxylation is 2. The van der Waals surface area contributed by atoms with E-state index >= 15 is 0 Å². The van der Waals surface area contributed by atoms with Crippen LogP contribution in [-0.2, 0) is 0 Å². The summed E-state index contributed by atoms with van der Waals surface area (Å²) in [7, 11) is 0. The predicted octanol–water partition coefficient (Wildman–Crippen LogP) is 4.59. The summed E-state index contributed by atoms with van der Waals surface area (Å²) in [6, 6.07) is 13.8. The van der Waals surface area contributed by atoms with Gasteiger partial charge in [0, 0.05) is 31.6 Å². The van der Waals surface area contributed by atoms with E-state index < -0.39 is 0 Å². The Bertz CT molecular complexity index is 1190. The lowest BCUT2D eigenvalue weighted by Gasteiger charge is -2.40. The molecule has 2 fully saturated rings. The molecule has 6 heteroatoms. The highest BCUT2D eigenvalue weighted by Gasteiger charge is 2.33.